The Morgan fingerprint density at radius 1 is 0.980 bits per heavy atom. The van der Waals surface area contributed by atoms with Crippen molar-refractivity contribution in [3.63, 3.8) is 0 Å². The van der Waals surface area contributed by atoms with E-state index in [-0.39, 0.29) is 30.3 Å². The number of rotatable bonds is 11. The summed E-state index contributed by atoms with van der Waals surface area (Å²) in [6.45, 7) is 6.03. The molecule has 0 aliphatic carbocycles. The number of ether oxygens (including phenoxy) is 5. The molecule has 2 aliphatic rings. The van der Waals surface area contributed by atoms with Crippen LogP contribution < -0.4 is 29.1 Å². The van der Waals surface area contributed by atoms with Gasteiger partial charge in [0.25, 0.3) is 11.5 Å². The first-order valence-corrected chi connectivity index (χ1v) is 17.8. The number of thiazole rings is 1. The van der Waals surface area contributed by atoms with E-state index in [9.17, 15) is 14.4 Å². The summed E-state index contributed by atoms with van der Waals surface area (Å²) in [5.41, 5.74) is 2.26. The quantitative estimate of drug-likeness (QED) is 0.207. The largest absolute Gasteiger partial charge is 0.496 e. The van der Waals surface area contributed by atoms with Crippen molar-refractivity contribution < 1.29 is 33.3 Å². The third kappa shape index (κ3) is 7.40. The van der Waals surface area contributed by atoms with Crippen LogP contribution in [0.25, 0.3) is 11.8 Å². The number of carbonyl (C=O) groups excluding carboxylic acids is 2. The van der Waals surface area contributed by atoms with Gasteiger partial charge in [-0.2, -0.15) is 0 Å². The highest BCUT2D eigenvalue weighted by molar-refractivity contribution is 9.10. The van der Waals surface area contributed by atoms with Crippen molar-refractivity contribution in [1.82, 2.24) is 9.47 Å². The van der Waals surface area contributed by atoms with Crippen molar-refractivity contribution in [3.8, 4) is 17.2 Å². The number of aromatic nitrogens is 1. The van der Waals surface area contributed by atoms with E-state index in [4.69, 9.17) is 28.7 Å². The average molecular weight is 763 g/mol. The van der Waals surface area contributed by atoms with Gasteiger partial charge >= 0.3 is 5.97 Å². The number of nitrogens with zero attached hydrogens (tertiary/aromatic N) is 3. The topological polar surface area (TPSA) is 118 Å². The first kappa shape index (κ1) is 35.1. The highest BCUT2D eigenvalue weighted by atomic mass is 79.9. The van der Waals surface area contributed by atoms with E-state index in [0.29, 0.717) is 81.9 Å². The van der Waals surface area contributed by atoms with Gasteiger partial charge in [0.2, 0.25) is 0 Å². The summed E-state index contributed by atoms with van der Waals surface area (Å²) in [6.07, 6.45) is 1.75. The summed E-state index contributed by atoms with van der Waals surface area (Å²) in [4.78, 5) is 48.0. The van der Waals surface area contributed by atoms with Crippen LogP contribution in [0.1, 0.15) is 36.6 Å². The van der Waals surface area contributed by atoms with Crippen LogP contribution in [-0.4, -0.2) is 74.6 Å². The first-order chi connectivity index (χ1) is 24.3. The molecule has 0 unspecified atom stereocenters. The number of morpholine rings is 1. The van der Waals surface area contributed by atoms with Crippen molar-refractivity contribution in [2.75, 3.05) is 53.2 Å². The molecular weight excluding hydrogens is 726 g/mol. The molecular formula is C37H36BrN3O8S. The standard InChI is InChI=1S/C37H36BrN3O8S/c1-4-47-29-19-23(11-13-28(29)49-22-31(42)40-15-17-46-18-16-40)20-30-35(43)41-34(26-21-25(38)12-14-27(26)45-3)32(36(44)48-5-2)33(39-37(41)50-30)24-9-7-6-8-10-24/h6-14,19-21,34H,4-5,15-18,22H2,1-3H3/b30-20-/t34-/m0/s1. The Kier molecular flexibility index (Phi) is 11.2. The number of hydrogen-bond donors (Lipinski definition) is 0. The normalized spacial score (nSPS) is 16.0. The lowest BCUT2D eigenvalue weighted by Gasteiger charge is -2.27. The minimum absolute atomic E-state index is 0.130. The second-order valence-electron chi connectivity index (χ2n) is 11.2. The second-order valence-corrected chi connectivity index (χ2v) is 13.2. The lowest BCUT2D eigenvalue weighted by Crippen LogP contribution is -2.43. The average Bonchev–Trinajstić information content (AvgIpc) is 3.45. The van der Waals surface area contributed by atoms with Crippen molar-refractivity contribution in [2.45, 2.75) is 19.9 Å². The maximum atomic E-state index is 14.4. The zero-order chi connectivity index (χ0) is 35.2. The molecule has 1 saturated heterocycles. The molecule has 0 spiro atoms. The molecule has 260 valence electrons. The Morgan fingerprint density at radius 3 is 2.46 bits per heavy atom. The van der Waals surface area contributed by atoms with E-state index < -0.39 is 12.0 Å². The number of fused-ring (bicyclic) bond motifs is 1. The highest BCUT2D eigenvalue weighted by Gasteiger charge is 2.37. The molecule has 1 aromatic heterocycles. The summed E-state index contributed by atoms with van der Waals surface area (Å²) in [6, 6.07) is 19.2. The summed E-state index contributed by atoms with van der Waals surface area (Å²) in [7, 11) is 1.55. The van der Waals surface area contributed by atoms with Crippen molar-refractivity contribution >= 4 is 50.9 Å². The van der Waals surface area contributed by atoms with E-state index in [1.165, 1.54) is 15.9 Å². The van der Waals surface area contributed by atoms with Crippen LogP contribution in [-0.2, 0) is 19.1 Å². The van der Waals surface area contributed by atoms with E-state index >= 15 is 0 Å². The van der Waals surface area contributed by atoms with E-state index in [0.717, 1.165) is 4.47 Å². The number of carbonyl (C=O) groups is 2. The molecule has 2 aliphatic heterocycles. The fraction of sp³-hybridized carbons (Fsp3) is 0.297. The SMILES string of the molecule is CCOC(=O)C1=C(c2ccccc2)N=c2s/c(=C\c3ccc(OCC(=O)N4CCOCC4)c(OCC)c3)c(=O)n2[C@H]1c1cc(Br)ccc1OC. The van der Waals surface area contributed by atoms with E-state index in [1.807, 2.05) is 49.4 Å². The van der Waals surface area contributed by atoms with Crippen molar-refractivity contribution in [2.24, 2.45) is 4.99 Å². The van der Waals surface area contributed by atoms with Crippen molar-refractivity contribution in [1.29, 1.82) is 0 Å². The van der Waals surface area contributed by atoms with Crippen LogP contribution in [0.5, 0.6) is 17.2 Å². The Bertz CT molecular complexity index is 2100. The molecule has 0 bridgehead atoms. The predicted molar refractivity (Wildman–Crippen MR) is 192 cm³/mol. The summed E-state index contributed by atoms with van der Waals surface area (Å²) < 4.78 is 31.1. The fourth-order valence-electron chi connectivity index (χ4n) is 5.85. The smallest absolute Gasteiger partial charge is 0.338 e. The molecule has 0 N–H and O–H groups in total. The summed E-state index contributed by atoms with van der Waals surface area (Å²) >= 11 is 4.77. The predicted octanol–water partition coefficient (Wildman–Crippen LogP) is 4.34. The fourth-order valence-corrected chi connectivity index (χ4v) is 7.23. The number of esters is 1. The number of halogens is 1. The minimum Gasteiger partial charge on any atom is -0.496 e. The van der Waals surface area contributed by atoms with Crippen LogP contribution in [0, 0.1) is 0 Å². The molecule has 1 fully saturated rings. The second kappa shape index (κ2) is 15.9. The molecule has 50 heavy (non-hydrogen) atoms. The number of amides is 1. The van der Waals surface area contributed by atoms with Gasteiger partial charge in [0.1, 0.15) is 11.8 Å². The molecule has 6 rings (SSSR count). The minimum atomic E-state index is -0.908. The molecule has 3 heterocycles. The molecule has 13 heteroatoms. The van der Waals surface area contributed by atoms with Crippen LogP contribution in [0.2, 0.25) is 0 Å². The molecule has 3 aromatic carbocycles. The highest BCUT2D eigenvalue weighted by Crippen LogP contribution is 2.40. The maximum absolute atomic E-state index is 14.4. The Hall–Kier alpha value is -4.72. The van der Waals surface area contributed by atoms with Crippen LogP contribution in [0.3, 0.4) is 0 Å². The zero-order valence-corrected chi connectivity index (χ0v) is 30.3. The van der Waals surface area contributed by atoms with Crippen molar-refractivity contribution in [3.05, 3.63) is 113 Å². The molecule has 0 saturated carbocycles. The maximum Gasteiger partial charge on any atom is 0.338 e. The van der Waals surface area contributed by atoms with Gasteiger partial charge in [0, 0.05) is 28.7 Å². The Balaban J connectivity index is 1.47. The van der Waals surface area contributed by atoms with Gasteiger partial charge in [-0.3, -0.25) is 14.2 Å². The number of benzene rings is 3. The van der Waals surface area contributed by atoms with Gasteiger partial charge in [-0.15, -0.1) is 0 Å². The van der Waals surface area contributed by atoms with E-state index in [1.54, 1.807) is 49.3 Å². The monoisotopic (exact) mass is 761 g/mol. The Labute approximate surface area is 301 Å². The molecule has 0 radical (unpaired) electrons. The van der Waals surface area contributed by atoms with Crippen LogP contribution >= 0.6 is 27.3 Å². The number of hydrogen-bond acceptors (Lipinski definition) is 10. The molecule has 11 nitrogen and oxygen atoms in total. The van der Waals surface area contributed by atoms with Gasteiger partial charge in [-0.05, 0) is 55.8 Å². The van der Waals surface area contributed by atoms with Gasteiger partial charge in [-0.25, -0.2) is 9.79 Å². The third-order valence-corrected chi connectivity index (χ3v) is 9.62. The lowest BCUT2D eigenvalue weighted by molar-refractivity contribution is -0.139. The molecule has 4 aromatic rings. The third-order valence-electron chi connectivity index (χ3n) is 8.14. The molecule has 1 atom stereocenters. The summed E-state index contributed by atoms with van der Waals surface area (Å²) in [5, 5.41) is 0. The lowest BCUT2D eigenvalue weighted by atomic mass is 9.92. The van der Waals surface area contributed by atoms with Gasteiger partial charge in [-0.1, -0.05) is 63.7 Å². The first-order valence-electron chi connectivity index (χ1n) is 16.2. The van der Waals surface area contributed by atoms with Gasteiger partial charge < -0.3 is 28.6 Å². The van der Waals surface area contributed by atoms with Gasteiger partial charge in [0.05, 0.1) is 49.3 Å². The van der Waals surface area contributed by atoms with Gasteiger partial charge in [0.15, 0.2) is 22.9 Å². The molecule has 1 amide bonds. The van der Waals surface area contributed by atoms with Crippen LogP contribution in [0.4, 0.5) is 0 Å². The van der Waals surface area contributed by atoms with E-state index in [2.05, 4.69) is 15.9 Å². The van der Waals surface area contributed by atoms with Crippen LogP contribution in [0.15, 0.2) is 86.6 Å². The number of methoxy groups -OCH3 is 1. The summed E-state index contributed by atoms with van der Waals surface area (Å²) in [5.74, 6) is 0.639. The Morgan fingerprint density at radius 2 is 1.74 bits per heavy atom. The zero-order valence-electron chi connectivity index (χ0n) is 27.8.